The van der Waals surface area contributed by atoms with Crippen LogP contribution in [0.25, 0.3) is 0 Å². The normalized spacial score (nSPS) is 17.6. The average Bonchev–Trinajstić information content (AvgIpc) is 2.79. The van der Waals surface area contributed by atoms with Crippen molar-refractivity contribution < 1.29 is 23.9 Å². The Morgan fingerprint density at radius 2 is 1.77 bits per heavy atom. The average molecular weight is 420 g/mol. The molecule has 31 heavy (non-hydrogen) atoms. The molecule has 2 aromatic rings. The zero-order valence-corrected chi connectivity index (χ0v) is 17.4. The summed E-state index contributed by atoms with van der Waals surface area (Å²) in [5.74, 6) is -2.09. The number of hydrogen-bond acceptors (Lipinski definition) is 5. The molecule has 4 rings (SSSR count). The van der Waals surface area contributed by atoms with E-state index in [1.807, 2.05) is 18.2 Å². The number of amides is 3. The highest BCUT2D eigenvalue weighted by atomic mass is 16.5. The first kappa shape index (κ1) is 20.8. The van der Waals surface area contributed by atoms with Crippen LogP contribution in [0.2, 0.25) is 0 Å². The molecule has 0 N–H and O–H groups in total. The molecular formula is C24H24N2O5. The van der Waals surface area contributed by atoms with E-state index in [2.05, 4.69) is 6.07 Å². The summed E-state index contributed by atoms with van der Waals surface area (Å²) < 4.78 is 5.11. The van der Waals surface area contributed by atoms with Crippen molar-refractivity contribution in [3.05, 3.63) is 70.8 Å². The Labute approximate surface area is 180 Å². The van der Waals surface area contributed by atoms with Gasteiger partial charge in [0.25, 0.3) is 11.8 Å². The molecule has 0 aromatic heterocycles. The van der Waals surface area contributed by atoms with E-state index in [1.165, 1.54) is 5.56 Å². The van der Waals surface area contributed by atoms with Crippen molar-refractivity contribution in [2.75, 3.05) is 20.2 Å². The second kappa shape index (κ2) is 8.71. The topological polar surface area (TPSA) is 84.0 Å². The Hall–Kier alpha value is -3.48. The van der Waals surface area contributed by atoms with Crippen LogP contribution >= 0.6 is 0 Å². The third kappa shape index (κ3) is 4.21. The molecule has 0 unspecified atom stereocenters. The number of imide groups is 1. The van der Waals surface area contributed by atoms with E-state index in [-0.39, 0.29) is 18.4 Å². The van der Waals surface area contributed by atoms with Gasteiger partial charge in [0.05, 0.1) is 12.5 Å². The van der Waals surface area contributed by atoms with Crippen LogP contribution in [-0.2, 0) is 32.0 Å². The molecule has 0 spiro atoms. The molecule has 1 heterocycles. The molecule has 7 heteroatoms. The van der Waals surface area contributed by atoms with E-state index in [0.29, 0.717) is 11.1 Å². The molecule has 2 aromatic carbocycles. The fourth-order valence-electron chi connectivity index (χ4n) is 4.28. The number of ether oxygens (including phenoxy) is 1. The van der Waals surface area contributed by atoms with Crippen LogP contribution < -0.4 is 0 Å². The summed E-state index contributed by atoms with van der Waals surface area (Å²) in [6, 6.07) is 14.8. The Kier molecular flexibility index (Phi) is 5.84. The van der Waals surface area contributed by atoms with E-state index in [9.17, 15) is 19.2 Å². The second-order valence-corrected chi connectivity index (χ2v) is 7.89. The zero-order chi connectivity index (χ0) is 22.0. The van der Waals surface area contributed by atoms with Crippen LogP contribution in [0, 0.1) is 0 Å². The highest BCUT2D eigenvalue weighted by Gasteiger charge is 2.33. The predicted molar refractivity (Wildman–Crippen MR) is 112 cm³/mol. The van der Waals surface area contributed by atoms with E-state index in [0.717, 1.165) is 29.7 Å². The number of hydrogen-bond donors (Lipinski definition) is 0. The Balaban J connectivity index is 1.35. The number of aryl methyl sites for hydroxylation is 1. The lowest BCUT2D eigenvalue weighted by molar-refractivity contribution is -0.154. The van der Waals surface area contributed by atoms with Gasteiger partial charge >= 0.3 is 5.97 Å². The number of esters is 1. The van der Waals surface area contributed by atoms with Gasteiger partial charge in [-0.15, -0.1) is 0 Å². The maximum atomic E-state index is 12.6. The highest BCUT2D eigenvalue weighted by molar-refractivity contribution is 6.11. The molecule has 0 saturated carbocycles. The Morgan fingerprint density at radius 3 is 2.58 bits per heavy atom. The molecule has 2 aliphatic rings. The summed E-state index contributed by atoms with van der Waals surface area (Å²) in [7, 11) is 1.71. The second-order valence-electron chi connectivity index (χ2n) is 7.89. The van der Waals surface area contributed by atoms with Gasteiger partial charge in [-0.25, -0.2) is 0 Å². The minimum atomic E-state index is -0.785. The lowest BCUT2D eigenvalue weighted by Crippen LogP contribution is -2.45. The molecule has 1 aliphatic carbocycles. The number of nitrogens with zero attached hydrogens (tertiary/aromatic N) is 2. The molecule has 1 atom stereocenters. The van der Waals surface area contributed by atoms with Gasteiger partial charge in [0, 0.05) is 12.6 Å². The van der Waals surface area contributed by atoms with Gasteiger partial charge in [-0.05, 0) is 42.0 Å². The summed E-state index contributed by atoms with van der Waals surface area (Å²) >= 11 is 0. The number of likely N-dealkylation sites (N-methyl/N-ethyl adjacent to an activating group) is 1. The van der Waals surface area contributed by atoms with Crippen LogP contribution in [0.15, 0.2) is 48.5 Å². The minimum Gasteiger partial charge on any atom is -0.454 e. The molecule has 1 aliphatic heterocycles. The lowest BCUT2D eigenvalue weighted by Gasteiger charge is -2.33. The summed E-state index contributed by atoms with van der Waals surface area (Å²) in [4.78, 5) is 52.3. The fourth-order valence-corrected chi connectivity index (χ4v) is 4.28. The van der Waals surface area contributed by atoms with Crippen LogP contribution in [0.4, 0.5) is 0 Å². The van der Waals surface area contributed by atoms with Crippen molar-refractivity contribution in [2.24, 2.45) is 0 Å². The highest BCUT2D eigenvalue weighted by Crippen LogP contribution is 2.33. The fraction of sp³-hybridized carbons (Fsp3) is 0.333. The maximum absolute atomic E-state index is 12.6. The van der Waals surface area contributed by atoms with Crippen molar-refractivity contribution in [1.29, 1.82) is 0 Å². The smallest absolute Gasteiger partial charge is 0.326 e. The summed E-state index contributed by atoms with van der Waals surface area (Å²) in [5, 5.41) is 0. The van der Waals surface area contributed by atoms with Crippen LogP contribution in [0.3, 0.4) is 0 Å². The van der Waals surface area contributed by atoms with E-state index < -0.39 is 30.9 Å². The Bertz CT molecular complexity index is 1050. The van der Waals surface area contributed by atoms with Crippen LogP contribution in [0.5, 0.6) is 0 Å². The number of carbonyl (C=O) groups is 4. The molecule has 0 fully saturated rings. The number of fused-ring (bicyclic) bond motifs is 2. The first-order valence-corrected chi connectivity index (χ1v) is 10.4. The van der Waals surface area contributed by atoms with Crippen molar-refractivity contribution in [3.8, 4) is 0 Å². The summed E-state index contributed by atoms with van der Waals surface area (Å²) in [6.07, 6.45) is 2.88. The SMILES string of the molecule is CN(C(=O)COC(=O)CN1C(=O)Cc2ccccc2C1=O)[C@@H]1CCCc2ccccc21. The zero-order valence-electron chi connectivity index (χ0n) is 17.4. The van der Waals surface area contributed by atoms with E-state index in [4.69, 9.17) is 4.74 Å². The lowest BCUT2D eigenvalue weighted by atomic mass is 9.87. The molecule has 0 bridgehead atoms. The van der Waals surface area contributed by atoms with Gasteiger partial charge in [0.1, 0.15) is 6.54 Å². The van der Waals surface area contributed by atoms with Gasteiger partial charge in [-0.3, -0.25) is 24.1 Å². The minimum absolute atomic E-state index is 0.0535. The van der Waals surface area contributed by atoms with Crippen LogP contribution in [-0.4, -0.2) is 53.7 Å². The third-order valence-electron chi connectivity index (χ3n) is 5.98. The largest absolute Gasteiger partial charge is 0.454 e. The summed E-state index contributed by atoms with van der Waals surface area (Å²) in [5.41, 5.74) is 3.41. The first-order chi connectivity index (χ1) is 15.0. The van der Waals surface area contributed by atoms with Gasteiger partial charge in [-0.2, -0.15) is 0 Å². The molecular weight excluding hydrogens is 396 g/mol. The number of carbonyl (C=O) groups excluding carboxylic acids is 4. The molecule has 0 saturated heterocycles. The maximum Gasteiger partial charge on any atom is 0.326 e. The van der Waals surface area contributed by atoms with Crippen LogP contribution in [0.1, 0.15) is 45.9 Å². The Morgan fingerprint density at radius 1 is 1.06 bits per heavy atom. The van der Waals surface area contributed by atoms with Gasteiger partial charge in [-0.1, -0.05) is 42.5 Å². The van der Waals surface area contributed by atoms with Gasteiger partial charge in [0.15, 0.2) is 6.61 Å². The summed E-state index contributed by atoms with van der Waals surface area (Å²) in [6.45, 7) is -0.934. The molecule has 0 radical (unpaired) electrons. The van der Waals surface area contributed by atoms with E-state index in [1.54, 1.807) is 36.2 Å². The van der Waals surface area contributed by atoms with E-state index >= 15 is 0 Å². The van der Waals surface area contributed by atoms with Crippen molar-refractivity contribution in [2.45, 2.75) is 31.7 Å². The predicted octanol–water partition coefficient (Wildman–Crippen LogP) is 2.29. The molecule has 3 amide bonds. The third-order valence-corrected chi connectivity index (χ3v) is 5.98. The quantitative estimate of drug-likeness (QED) is 0.547. The first-order valence-electron chi connectivity index (χ1n) is 10.4. The standard InChI is InChI=1S/C24H24N2O5/c1-25(20-12-6-9-16-7-2-4-10-18(16)20)22(28)15-31-23(29)14-26-21(27)13-17-8-3-5-11-19(17)24(26)30/h2-5,7-8,10-11,20H,6,9,12-15H2,1H3/t20-/m1/s1. The molecule has 160 valence electrons. The van der Waals surface area contributed by atoms with Crippen molar-refractivity contribution in [1.82, 2.24) is 9.80 Å². The number of rotatable bonds is 5. The monoisotopic (exact) mass is 420 g/mol. The van der Waals surface area contributed by atoms with Gasteiger partial charge in [0.2, 0.25) is 5.91 Å². The van der Waals surface area contributed by atoms with Crippen molar-refractivity contribution in [3.63, 3.8) is 0 Å². The number of benzene rings is 2. The van der Waals surface area contributed by atoms with Crippen molar-refractivity contribution >= 4 is 23.7 Å². The van der Waals surface area contributed by atoms with Gasteiger partial charge < -0.3 is 9.64 Å². The molecule has 7 nitrogen and oxygen atoms in total.